The molecular weight excluding hydrogens is 911 g/mol. The van der Waals surface area contributed by atoms with Crippen LogP contribution < -0.4 is 5.32 Å². The van der Waals surface area contributed by atoms with Gasteiger partial charge in [0, 0.05) is 12.8 Å². The van der Waals surface area contributed by atoms with Gasteiger partial charge < -0.3 is 20.3 Å². The van der Waals surface area contributed by atoms with Gasteiger partial charge in [0.05, 0.1) is 25.4 Å². The lowest BCUT2D eigenvalue weighted by molar-refractivity contribution is -0.143. The van der Waals surface area contributed by atoms with E-state index in [4.69, 9.17) is 4.74 Å². The molecule has 74 heavy (non-hydrogen) atoms. The Morgan fingerprint density at radius 1 is 0.324 bits per heavy atom. The molecule has 6 nitrogen and oxygen atoms in total. The molecule has 0 heterocycles. The van der Waals surface area contributed by atoms with Gasteiger partial charge in [-0.3, -0.25) is 9.59 Å². The Labute approximate surface area is 464 Å². The second-order valence-corrected chi connectivity index (χ2v) is 23.9. The van der Waals surface area contributed by atoms with Crippen LogP contribution in [0.15, 0.2) is 0 Å². The number of ether oxygens (including phenoxy) is 1. The molecule has 0 radical (unpaired) electrons. The molecule has 0 aromatic carbocycles. The van der Waals surface area contributed by atoms with Gasteiger partial charge in [-0.15, -0.1) is 0 Å². The first-order valence-electron chi connectivity index (χ1n) is 34.3. The number of aliphatic hydroxyl groups excluding tert-OH is 2. The van der Waals surface area contributed by atoms with E-state index in [1.807, 2.05) is 0 Å². The minimum Gasteiger partial charge on any atom is -0.466 e. The van der Waals surface area contributed by atoms with Crippen LogP contribution in [0, 0.1) is 0 Å². The summed E-state index contributed by atoms with van der Waals surface area (Å²) in [7, 11) is 0. The monoisotopic (exact) mass is 1050 g/mol. The summed E-state index contributed by atoms with van der Waals surface area (Å²) in [4.78, 5) is 24.5. The molecule has 2 unspecified atom stereocenters. The van der Waals surface area contributed by atoms with Crippen molar-refractivity contribution in [3.8, 4) is 0 Å². The molecule has 0 rings (SSSR count). The lowest BCUT2D eigenvalue weighted by Gasteiger charge is -2.22. The number of carbonyl (C=O) groups is 2. The van der Waals surface area contributed by atoms with Crippen molar-refractivity contribution in [3.63, 3.8) is 0 Å². The summed E-state index contributed by atoms with van der Waals surface area (Å²) < 4.78 is 5.50. The first kappa shape index (κ1) is 72.9. The molecule has 0 spiro atoms. The van der Waals surface area contributed by atoms with E-state index >= 15 is 0 Å². The Balaban J connectivity index is 3.27. The van der Waals surface area contributed by atoms with Crippen molar-refractivity contribution in [1.29, 1.82) is 0 Å². The summed E-state index contributed by atoms with van der Waals surface area (Å²) in [5.74, 6) is -0.00449. The second kappa shape index (κ2) is 64.4. The quantitative estimate of drug-likeness (QED) is 0.0417. The van der Waals surface area contributed by atoms with E-state index < -0.39 is 12.1 Å². The third-order valence-electron chi connectivity index (χ3n) is 16.4. The molecule has 0 aromatic rings. The van der Waals surface area contributed by atoms with Crippen molar-refractivity contribution in [3.05, 3.63) is 0 Å². The molecule has 442 valence electrons. The summed E-state index contributed by atoms with van der Waals surface area (Å²) in [6.45, 7) is 4.98. The molecule has 0 aliphatic carbocycles. The number of nitrogens with one attached hydrogen (secondary N) is 1. The van der Waals surface area contributed by atoms with Gasteiger partial charge in [0.2, 0.25) is 5.91 Å². The number of unbranched alkanes of at least 4 members (excludes halogenated alkanes) is 54. The number of carbonyl (C=O) groups excluding carboxylic acids is 2. The van der Waals surface area contributed by atoms with Crippen LogP contribution in [-0.2, 0) is 14.3 Å². The van der Waals surface area contributed by atoms with Gasteiger partial charge in [-0.1, -0.05) is 361 Å². The molecule has 2 atom stereocenters. The molecular formula is C68H135NO5. The number of hydrogen-bond donors (Lipinski definition) is 3. The average Bonchev–Trinajstić information content (AvgIpc) is 3.40. The minimum atomic E-state index is -0.657. The third-order valence-corrected chi connectivity index (χ3v) is 16.4. The van der Waals surface area contributed by atoms with Crippen molar-refractivity contribution in [2.24, 2.45) is 0 Å². The second-order valence-electron chi connectivity index (χ2n) is 23.9. The van der Waals surface area contributed by atoms with Crippen molar-refractivity contribution < 1.29 is 24.5 Å². The highest BCUT2D eigenvalue weighted by Gasteiger charge is 2.20. The van der Waals surface area contributed by atoms with Crippen LogP contribution >= 0.6 is 0 Å². The van der Waals surface area contributed by atoms with Crippen LogP contribution in [0.2, 0.25) is 0 Å². The Bertz CT molecular complexity index is 1070. The van der Waals surface area contributed by atoms with Crippen LogP contribution in [0.4, 0.5) is 0 Å². The molecule has 0 aromatic heterocycles. The minimum absolute atomic E-state index is 0.0249. The highest BCUT2D eigenvalue weighted by Crippen LogP contribution is 2.19. The standard InChI is InChI=1S/C68H135NO5/c1-3-5-7-9-11-13-15-16-39-42-46-50-54-58-62-68(73)74-63-59-55-51-47-43-40-37-35-33-31-29-27-25-23-21-19-17-18-20-22-24-26-28-30-32-34-36-38-41-45-49-53-57-61-67(72)69-65(64-70)66(71)60-56-52-48-44-14-12-10-8-6-4-2/h65-66,70-71H,3-64H2,1-2H3,(H,69,72). The van der Waals surface area contributed by atoms with E-state index in [0.29, 0.717) is 25.9 Å². The zero-order valence-corrected chi connectivity index (χ0v) is 50.6. The Morgan fingerprint density at radius 2 is 0.554 bits per heavy atom. The van der Waals surface area contributed by atoms with Crippen molar-refractivity contribution in [2.45, 2.75) is 411 Å². The van der Waals surface area contributed by atoms with Crippen LogP contribution in [0.3, 0.4) is 0 Å². The zero-order chi connectivity index (χ0) is 53.6. The number of aliphatic hydroxyl groups is 2. The van der Waals surface area contributed by atoms with E-state index in [2.05, 4.69) is 19.2 Å². The number of esters is 1. The van der Waals surface area contributed by atoms with Crippen LogP contribution in [-0.4, -0.2) is 47.4 Å². The molecule has 3 N–H and O–H groups in total. The molecule has 1 amide bonds. The van der Waals surface area contributed by atoms with Crippen LogP contribution in [0.1, 0.15) is 399 Å². The van der Waals surface area contributed by atoms with Gasteiger partial charge in [0.1, 0.15) is 0 Å². The predicted octanol–water partition coefficient (Wildman–Crippen LogP) is 21.8. The first-order chi connectivity index (χ1) is 36.5. The fourth-order valence-electron chi connectivity index (χ4n) is 11.2. The maximum Gasteiger partial charge on any atom is 0.305 e. The molecule has 0 fully saturated rings. The molecule has 0 bridgehead atoms. The summed E-state index contributed by atoms with van der Waals surface area (Å²) in [5.41, 5.74) is 0. The van der Waals surface area contributed by atoms with Gasteiger partial charge in [-0.05, 0) is 25.7 Å². The number of rotatable bonds is 65. The van der Waals surface area contributed by atoms with Gasteiger partial charge in [-0.2, -0.15) is 0 Å². The smallest absolute Gasteiger partial charge is 0.305 e. The van der Waals surface area contributed by atoms with E-state index in [9.17, 15) is 19.8 Å². The fraction of sp³-hybridized carbons (Fsp3) is 0.971. The van der Waals surface area contributed by atoms with Crippen LogP contribution in [0.25, 0.3) is 0 Å². The maximum absolute atomic E-state index is 12.4. The summed E-state index contributed by atoms with van der Waals surface area (Å²) in [5, 5.41) is 23.2. The third kappa shape index (κ3) is 60.1. The molecule has 6 heteroatoms. The SMILES string of the molecule is CCCCCCCCCCCCCCCCC(=O)OCCCCCCCCCCCCCCCCCCCCCCCCCCCCCCCCCCCC(=O)NC(CO)C(O)CCCCCCCCCCCC. The van der Waals surface area contributed by atoms with E-state index in [1.54, 1.807) is 0 Å². The largest absolute Gasteiger partial charge is 0.466 e. The average molecular weight is 1050 g/mol. The summed E-state index contributed by atoms with van der Waals surface area (Å²) in [6.07, 6.45) is 77.4. The molecule has 0 aliphatic heterocycles. The number of hydrogen-bond acceptors (Lipinski definition) is 5. The lowest BCUT2D eigenvalue weighted by atomic mass is 10.0. The molecule has 0 saturated heterocycles. The Morgan fingerprint density at radius 3 is 0.824 bits per heavy atom. The first-order valence-corrected chi connectivity index (χ1v) is 34.3. The highest BCUT2D eigenvalue weighted by atomic mass is 16.5. The van der Waals surface area contributed by atoms with Gasteiger partial charge >= 0.3 is 5.97 Å². The van der Waals surface area contributed by atoms with E-state index in [1.165, 1.54) is 327 Å². The number of amides is 1. The fourth-order valence-corrected chi connectivity index (χ4v) is 11.2. The maximum atomic E-state index is 12.4. The van der Waals surface area contributed by atoms with Gasteiger partial charge in [0.25, 0.3) is 0 Å². The van der Waals surface area contributed by atoms with Gasteiger partial charge in [-0.25, -0.2) is 0 Å². The topological polar surface area (TPSA) is 95.9 Å². The summed E-state index contributed by atoms with van der Waals surface area (Å²) in [6, 6.07) is -0.534. The normalized spacial score (nSPS) is 12.4. The Hall–Kier alpha value is -1.14. The van der Waals surface area contributed by atoms with Crippen molar-refractivity contribution >= 4 is 11.9 Å². The highest BCUT2D eigenvalue weighted by molar-refractivity contribution is 5.76. The Kier molecular flexibility index (Phi) is 63.4. The van der Waals surface area contributed by atoms with Crippen LogP contribution in [0.5, 0.6) is 0 Å². The van der Waals surface area contributed by atoms with Crippen molar-refractivity contribution in [1.82, 2.24) is 5.32 Å². The predicted molar refractivity (Wildman–Crippen MR) is 324 cm³/mol. The van der Waals surface area contributed by atoms with Crippen molar-refractivity contribution in [2.75, 3.05) is 13.2 Å². The van der Waals surface area contributed by atoms with E-state index in [-0.39, 0.29) is 18.5 Å². The van der Waals surface area contributed by atoms with E-state index in [0.717, 1.165) is 38.5 Å². The molecule has 0 saturated carbocycles. The lowest BCUT2D eigenvalue weighted by Crippen LogP contribution is -2.45. The van der Waals surface area contributed by atoms with Gasteiger partial charge in [0.15, 0.2) is 0 Å². The zero-order valence-electron chi connectivity index (χ0n) is 50.6. The summed E-state index contributed by atoms with van der Waals surface area (Å²) >= 11 is 0. The molecule has 0 aliphatic rings.